The normalized spacial score (nSPS) is 12.4. The second-order valence-corrected chi connectivity index (χ2v) is 8.47. The molecule has 2 N–H and O–H groups in total. The molecule has 0 unspecified atom stereocenters. The maximum Gasteiger partial charge on any atom is 0.0738 e. The third-order valence-electron chi connectivity index (χ3n) is 5.43. The number of hydrogen-bond acceptors (Lipinski definition) is 2. The summed E-state index contributed by atoms with van der Waals surface area (Å²) >= 11 is 13.2. The van der Waals surface area contributed by atoms with Crippen LogP contribution in [0.1, 0.15) is 22.8 Å². The van der Waals surface area contributed by atoms with E-state index in [2.05, 4.69) is 16.0 Å². The molecule has 0 spiro atoms. The van der Waals surface area contributed by atoms with Crippen LogP contribution in [0.4, 0.5) is 0 Å². The number of benzene rings is 1. The highest BCUT2D eigenvalue weighted by molar-refractivity contribution is 6.39. The molecule has 0 radical (unpaired) electrons. The molecule has 0 fully saturated rings. The zero-order valence-corrected chi connectivity index (χ0v) is 18.2. The smallest absolute Gasteiger partial charge is 0.0738 e. The number of nitrogens with zero attached hydrogens (tertiary/aromatic N) is 2. The van der Waals surface area contributed by atoms with Crippen LogP contribution in [-0.2, 0) is 0 Å². The van der Waals surface area contributed by atoms with E-state index < -0.39 is 0 Å². The Bertz CT molecular complexity index is 1490. The maximum absolute atomic E-state index is 6.60. The van der Waals surface area contributed by atoms with E-state index in [4.69, 9.17) is 33.2 Å². The third kappa shape index (κ3) is 3.44. The second-order valence-electron chi connectivity index (χ2n) is 7.65. The van der Waals surface area contributed by atoms with Crippen molar-refractivity contribution in [1.29, 1.82) is 0 Å². The van der Waals surface area contributed by atoms with Crippen LogP contribution in [0.3, 0.4) is 0 Å². The Balaban J connectivity index is 1.75. The largest absolute Gasteiger partial charge is 0.355 e. The van der Waals surface area contributed by atoms with Gasteiger partial charge in [0.25, 0.3) is 0 Å². The van der Waals surface area contributed by atoms with Gasteiger partial charge < -0.3 is 9.97 Å². The highest BCUT2D eigenvalue weighted by Crippen LogP contribution is 2.39. The summed E-state index contributed by atoms with van der Waals surface area (Å²) in [6.45, 7) is 0. The maximum atomic E-state index is 6.60. The highest BCUT2D eigenvalue weighted by Gasteiger charge is 2.18. The Morgan fingerprint density at radius 2 is 1.00 bits per heavy atom. The Hall–Kier alpha value is -3.60. The Labute approximate surface area is 193 Å². The lowest BCUT2D eigenvalue weighted by Crippen LogP contribution is -1.91. The molecule has 3 aromatic heterocycles. The molecule has 4 nitrogen and oxygen atoms in total. The second kappa shape index (κ2) is 7.52. The van der Waals surface area contributed by atoms with Crippen molar-refractivity contribution in [2.45, 2.75) is 0 Å². The van der Waals surface area contributed by atoms with Crippen molar-refractivity contribution >= 4 is 69.6 Å². The molecule has 0 atom stereocenters. The molecular weight excluding hydrogens is 439 g/mol. The van der Waals surface area contributed by atoms with E-state index >= 15 is 0 Å². The van der Waals surface area contributed by atoms with Gasteiger partial charge >= 0.3 is 0 Å². The van der Waals surface area contributed by atoms with Crippen LogP contribution in [0.15, 0.2) is 60.7 Å². The van der Waals surface area contributed by atoms with Gasteiger partial charge in [-0.1, -0.05) is 29.3 Å². The predicted octanol–water partition coefficient (Wildman–Crippen LogP) is 7.63. The molecule has 6 rings (SSSR count). The van der Waals surface area contributed by atoms with Gasteiger partial charge in [-0.15, -0.1) is 0 Å². The number of halogens is 2. The number of nitrogens with one attached hydrogen (secondary N) is 2. The first kappa shape index (κ1) is 19.1. The summed E-state index contributed by atoms with van der Waals surface area (Å²) in [6, 6.07) is 19.8. The molecule has 1 aromatic carbocycles. The first-order chi connectivity index (χ1) is 15.6. The molecule has 2 aliphatic rings. The summed E-state index contributed by atoms with van der Waals surface area (Å²) in [7, 11) is 0. The van der Waals surface area contributed by atoms with Crippen molar-refractivity contribution in [2.75, 3.05) is 0 Å². The third-order valence-corrected chi connectivity index (χ3v) is 6.06. The molecule has 0 saturated carbocycles. The number of aromatic amines is 2. The van der Waals surface area contributed by atoms with Gasteiger partial charge in [-0.25, -0.2) is 9.97 Å². The van der Waals surface area contributed by atoms with Gasteiger partial charge in [0.15, 0.2) is 0 Å². The van der Waals surface area contributed by atoms with Crippen LogP contribution in [0.25, 0.3) is 57.5 Å². The SMILES string of the molecule is Clc1cccc(Cl)c1-c1c2nc(cc3ccc(cc4ccc(cc5nc1C=C5)[nH]4)[nH]3)C=C2. The number of rotatable bonds is 1. The fourth-order valence-corrected chi connectivity index (χ4v) is 4.59. The summed E-state index contributed by atoms with van der Waals surface area (Å²) in [5.74, 6) is 0. The minimum atomic E-state index is 0.558. The van der Waals surface area contributed by atoms with Gasteiger partial charge in [0.1, 0.15) is 0 Å². The van der Waals surface area contributed by atoms with E-state index in [1.165, 1.54) is 0 Å². The molecule has 0 aliphatic carbocycles. The van der Waals surface area contributed by atoms with Crippen molar-refractivity contribution in [3.8, 4) is 11.1 Å². The number of H-pyrrole nitrogens is 2. The fourth-order valence-electron chi connectivity index (χ4n) is 4.00. The van der Waals surface area contributed by atoms with Gasteiger partial charge in [0.2, 0.25) is 0 Å². The van der Waals surface area contributed by atoms with Crippen molar-refractivity contribution < 1.29 is 0 Å². The summed E-state index contributed by atoms with van der Waals surface area (Å²) in [5.41, 5.74) is 8.69. The van der Waals surface area contributed by atoms with E-state index in [0.29, 0.717) is 10.0 Å². The van der Waals surface area contributed by atoms with Crippen molar-refractivity contribution in [3.63, 3.8) is 0 Å². The first-order valence-corrected chi connectivity index (χ1v) is 10.9. The summed E-state index contributed by atoms with van der Waals surface area (Å²) in [5, 5.41) is 1.12. The summed E-state index contributed by atoms with van der Waals surface area (Å²) in [6.07, 6.45) is 7.91. The van der Waals surface area contributed by atoms with Gasteiger partial charge in [-0.3, -0.25) is 0 Å². The van der Waals surface area contributed by atoms with Crippen molar-refractivity contribution in [3.05, 3.63) is 93.5 Å². The van der Waals surface area contributed by atoms with Crippen molar-refractivity contribution in [2.24, 2.45) is 0 Å². The minimum Gasteiger partial charge on any atom is -0.355 e. The van der Waals surface area contributed by atoms with Crippen LogP contribution in [0.2, 0.25) is 10.0 Å². The van der Waals surface area contributed by atoms with Crippen LogP contribution in [0, 0.1) is 0 Å². The standard InChI is InChI=1S/C26H16Cl2N4/c27-21-2-1-3-22(28)25(21)26-23-10-8-19(31-23)13-17-6-4-15(29-17)12-16-5-7-18(30-16)14-20-9-11-24(26)32-20/h1-14,29-30H. The zero-order chi connectivity index (χ0) is 21.7. The highest BCUT2D eigenvalue weighted by atomic mass is 35.5. The van der Waals surface area contributed by atoms with Crippen LogP contribution < -0.4 is 0 Å². The van der Waals surface area contributed by atoms with Gasteiger partial charge in [0.05, 0.1) is 32.8 Å². The van der Waals surface area contributed by atoms with Crippen LogP contribution in [0.5, 0.6) is 0 Å². The lowest BCUT2D eigenvalue weighted by molar-refractivity contribution is 1.28. The van der Waals surface area contributed by atoms with Crippen molar-refractivity contribution in [1.82, 2.24) is 19.9 Å². The van der Waals surface area contributed by atoms with Gasteiger partial charge in [-0.2, -0.15) is 0 Å². The molecule has 32 heavy (non-hydrogen) atoms. The molecule has 0 saturated heterocycles. The Morgan fingerprint density at radius 3 is 1.50 bits per heavy atom. The van der Waals surface area contributed by atoms with E-state index in [9.17, 15) is 0 Å². The quantitative estimate of drug-likeness (QED) is 0.268. The lowest BCUT2D eigenvalue weighted by Gasteiger charge is -2.09. The molecule has 6 heteroatoms. The van der Waals surface area contributed by atoms with Gasteiger partial charge in [0, 0.05) is 33.2 Å². The Morgan fingerprint density at radius 1 is 0.531 bits per heavy atom. The van der Waals surface area contributed by atoms with Gasteiger partial charge in [-0.05, 0) is 78.9 Å². The molecule has 4 aromatic rings. The molecule has 0 amide bonds. The molecular formula is C26H16Cl2N4. The summed E-state index contributed by atoms with van der Waals surface area (Å²) < 4.78 is 0. The van der Waals surface area contributed by atoms with E-state index in [1.807, 2.05) is 78.9 Å². The van der Waals surface area contributed by atoms with Crippen LogP contribution in [-0.4, -0.2) is 19.9 Å². The average Bonchev–Trinajstić information content (AvgIpc) is 3.55. The topological polar surface area (TPSA) is 57.4 Å². The molecule has 8 bridgehead atoms. The van der Waals surface area contributed by atoms with E-state index in [0.717, 1.165) is 56.0 Å². The fraction of sp³-hybridized carbons (Fsp3) is 0. The first-order valence-electron chi connectivity index (χ1n) is 10.1. The molecule has 2 aliphatic heterocycles. The zero-order valence-electron chi connectivity index (χ0n) is 16.7. The van der Waals surface area contributed by atoms with E-state index in [1.54, 1.807) is 0 Å². The van der Waals surface area contributed by atoms with Crippen LogP contribution >= 0.6 is 23.2 Å². The number of aromatic nitrogens is 4. The summed E-state index contributed by atoms with van der Waals surface area (Å²) in [4.78, 5) is 16.5. The number of hydrogen-bond donors (Lipinski definition) is 2. The van der Waals surface area contributed by atoms with E-state index in [-0.39, 0.29) is 0 Å². The monoisotopic (exact) mass is 454 g/mol. The predicted molar refractivity (Wildman–Crippen MR) is 134 cm³/mol. The average molecular weight is 455 g/mol. The lowest BCUT2D eigenvalue weighted by atomic mass is 10.0. The Kier molecular flexibility index (Phi) is 4.49. The molecule has 5 heterocycles. The molecule has 154 valence electrons. The number of fused-ring (bicyclic) bond motifs is 8. The minimum absolute atomic E-state index is 0.558.